The summed E-state index contributed by atoms with van der Waals surface area (Å²) in [5.41, 5.74) is -0.859. The fraction of sp³-hybridized carbons (Fsp3) is 0.643. The minimum Gasteiger partial charge on any atom is -0.356 e. The van der Waals surface area contributed by atoms with Crippen LogP contribution in [0.25, 0.3) is 0 Å². The fourth-order valence-electron chi connectivity index (χ4n) is 3.14. The van der Waals surface area contributed by atoms with Crippen molar-refractivity contribution in [2.45, 2.75) is 20.3 Å². The predicted octanol–water partition coefficient (Wildman–Crippen LogP) is 0.438. The van der Waals surface area contributed by atoms with Crippen LogP contribution in [0.15, 0.2) is 9.59 Å². The van der Waals surface area contributed by atoms with E-state index in [1.54, 1.807) is 7.05 Å². The molecule has 0 bridgehead atoms. The van der Waals surface area contributed by atoms with Crippen LogP contribution in [0.4, 0.5) is 5.82 Å². The van der Waals surface area contributed by atoms with Crippen molar-refractivity contribution in [2.24, 2.45) is 25.9 Å². The molecule has 20 heavy (non-hydrogen) atoms. The van der Waals surface area contributed by atoms with Gasteiger partial charge in [0.2, 0.25) is 0 Å². The minimum absolute atomic E-state index is 0.0518. The number of nitrogens with zero attached hydrogens (tertiary/aromatic N) is 4. The molecule has 1 saturated heterocycles. The lowest BCUT2D eigenvalue weighted by molar-refractivity contribution is 0.352. The molecule has 2 heterocycles. The average molecular weight is 276 g/mol. The van der Waals surface area contributed by atoms with Crippen LogP contribution in [0.2, 0.25) is 0 Å². The highest BCUT2D eigenvalue weighted by Gasteiger charge is 2.27. The molecule has 0 saturated carbocycles. The fourth-order valence-corrected chi connectivity index (χ4v) is 3.14. The van der Waals surface area contributed by atoms with E-state index in [9.17, 15) is 14.9 Å². The Bertz CT molecular complexity index is 670. The molecular formula is C14H20N4O2. The summed E-state index contributed by atoms with van der Waals surface area (Å²) in [4.78, 5) is 26.2. The van der Waals surface area contributed by atoms with Gasteiger partial charge in [-0.3, -0.25) is 13.9 Å². The third kappa shape index (κ3) is 2.24. The van der Waals surface area contributed by atoms with Crippen molar-refractivity contribution in [3.63, 3.8) is 0 Å². The van der Waals surface area contributed by atoms with Crippen molar-refractivity contribution in [1.29, 1.82) is 5.26 Å². The molecule has 0 unspecified atom stereocenters. The Labute approximate surface area is 117 Å². The number of piperidine rings is 1. The molecule has 1 aromatic heterocycles. The Morgan fingerprint density at radius 1 is 1.10 bits per heavy atom. The molecular weight excluding hydrogens is 256 g/mol. The van der Waals surface area contributed by atoms with Gasteiger partial charge in [0.05, 0.1) is 0 Å². The Morgan fingerprint density at radius 3 is 2.15 bits per heavy atom. The van der Waals surface area contributed by atoms with Crippen LogP contribution in [0, 0.1) is 23.2 Å². The highest BCUT2D eigenvalue weighted by atomic mass is 16.2. The van der Waals surface area contributed by atoms with E-state index in [1.807, 2.05) is 11.0 Å². The van der Waals surface area contributed by atoms with E-state index in [2.05, 4.69) is 13.8 Å². The number of nitriles is 1. The lowest BCUT2D eigenvalue weighted by Crippen LogP contribution is -2.46. The van der Waals surface area contributed by atoms with E-state index >= 15 is 0 Å². The standard InChI is InChI=1S/C14H20N4O2/c1-9-5-10(2)8-18(7-9)12-11(6-15)13(19)17(4)14(20)16(12)3/h9-10H,5,7-8H2,1-4H3/t9-,10-/m0/s1. The van der Waals surface area contributed by atoms with Crippen molar-refractivity contribution in [3.05, 3.63) is 26.4 Å². The SMILES string of the molecule is C[C@H]1C[C@H](C)CN(c2c(C#N)c(=O)n(C)c(=O)n2C)C1. The smallest absolute Gasteiger partial charge is 0.332 e. The zero-order valence-electron chi connectivity index (χ0n) is 12.4. The molecule has 1 aliphatic rings. The second-order valence-electron chi connectivity index (χ2n) is 5.87. The molecule has 0 spiro atoms. The van der Waals surface area contributed by atoms with Gasteiger partial charge in [-0.15, -0.1) is 0 Å². The van der Waals surface area contributed by atoms with Gasteiger partial charge in [-0.05, 0) is 18.3 Å². The first kappa shape index (κ1) is 14.4. The molecule has 0 amide bonds. The Kier molecular flexibility index (Phi) is 3.71. The highest BCUT2D eigenvalue weighted by molar-refractivity contribution is 5.53. The summed E-state index contributed by atoms with van der Waals surface area (Å²) in [5, 5.41) is 9.30. The van der Waals surface area contributed by atoms with E-state index in [0.29, 0.717) is 17.7 Å². The number of anilines is 1. The number of rotatable bonds is 1. The minimum atomic E-state index is -0.517. The van der Waals surface area contributed by atoms with Crippen LogP contribution in [0.3, 0.4) is 0 Å². The zero-order chi connectivity index (χ0) is 15.0. The van der Waals surface area contributed by atoms with Gasteiger partial charge >= 0.3 is 5.69 Å². The van der Waals surface area contributed by atoms with Crippen LogP contribution in [-0.2, 0) is 14.1 Å². The maximum atomic E-state index is 12.1. The van der Waals surface area contributed by atoms with Gasteiger partial charge in [-0.2, -0.15) is 5.26 Å². The van der Waals surface area contributed by atoms with Gasteiger partial charge in [-0.1, -0.05) is 13.8 Å². The van der Waals surface area contributed by atoms with Crippen LogP contribution in [0.5, 0.6) is 0 Å². The normalized spacial score (nSPS) is 22.6. The molecule has 2 rings (SSSR count). The van der Waals surface area contributed by atoms with Gasteiger partial charge in [0.1, 0.15) is 11.9 Å². The first-order valence-corrected chi connectivity index (χ1v) is 6.81. The number of hydrogen-bond acceptors (Lipinski definition) is 4. The van der Waals surface area contributed by atoms with Crippen molar-refractivity contribution >= 4 is 5.82 Å². The Hall–Kier alpha value is -2.03. The van der Waals surface area contributed by atoms with E-state index < -0.39 is 11.2 Å². The molecule has 2 atom stereocenters. The van der Waals surface area contributed by atoms with Crippen LogP contribution in [-0.4, -0.2) is 22.2 Å². The van der Waals surface area contributed by atoms with Gasteiger partial charge in [-0.25, -0.2) is 4.79 Å². The number of hydrogen-bond donors (Lipinski definition) is 0. The molecule has 0 N–H and O–H groups in total. The summed E-state index contributed by atoms with van der Waals surface area (Å²) >= 11 is 0. The largest absolute Gasteiger partial charge is 0.356 e. The summed E-state index contributed by atoms with van der Waals surface area (Å²) in [6.45, 7) is 5.82. The monoisotopic (exact) mass is 276 g/mol. The van der Waals surface area contributed by atoms with Crippen molar-refractivity contribution < 1.29 is 0 Å². The van der Waals surface area contributed by atoms with Crippen molar-refractivity contribution in [3.8, 4) is 6.07 Å². The molecule has 6 nitrogen and oxygen atoms in total. The summed E-state index contributed by atoms with van der Waals surface area (Å²) in [5.74, 6) is 1.41. The van der Waals surface area contributed by atoms with Gasteiger partial charge in [0.15, 0.2) is 5.56 Å². The Morgan fingerprint density at radius 2 is 1.65 bits per heavy atom. The van der Waals surface area contributed by atoms with Crippen molar-refractivity contribution in [1.82, 2.24) is 9.13 Å². The van der Waals surface area contributed by atoms with Crippen LogP contribution < -0.4 is 16.1 Å². The van der Waals surface area contributed by atoms with Gasteiger partial charge < -0.3 is 4.90 Å². The first-order chi connectivity index (χ1) is 9.36. The van der Waals surface area contributed by atoms with E-state index in [0.717, 1.165) is 24.1 Å². The second kappa shape index (κ2) is 5.16. The number of aromatic nitrogens is 2. The van der Waals surface area contributed by atoms with E-state index in [1.165, 1.54) is 11.6 Å². The van der Waals surface area contributed by atoms with E-state index in [-0.39, 0.29) is 5.56 Å². The molecule has 0 aromatic carbocycles. The maximum Gasteiger partial charge on any atom is 0.332 e. The van der Waals surface area contributed by atoms with Crippen LogP contribution >= 0.6 is 0 Å². The van der Waals surface area contributed by atoms with Crippen molar-refractivity contribution in [2.75, 3.05) is 18.0 Å². The van der Waals surface area contributed by atoms with Gasteiger partial charge in [0.25, 0.3) is 5.56 Å². The zero-order valence-corrected chi connectivity index (χ0v) is 12.4. The highest BCUT2D eigenvalue weighted by Crippen LogP contribution is 2.26. The molecule has 0 radical (unpaired) electrons. The predicted molar refractivity (Wildman–Crippen MR) is 76.8 cm³/mol. The third-order valence-corrected chi connectivity index (χ3v) is 3.91. The Balaban J connectivity index is 2.65. The molecule has 6 heteroatoms. The third-order valence-electron chi connectivity index (χ3n) is 3.91. The summed E-state index contributed by atoms with van der Waals surface area (Å²) in [6, 6.07) is 1.96. The topological polar surface area (TPSA) is 71.0 Å². The summed E-state index contributed by atoms with van der Waals surface area (Å²) < 4.78 is 2.39. The molecule has 0 aliphatic carbocycles. The van der Waals surface area contributed by atoms with Crippen LogP contribution in [0.1, 0.15) is 25.8 Å². The van der Waals surface area contributed by atoms with Gasteiger partial charge in [0, 0.05) is 27.2 Å². The molecule has 1 fully saturated rings. The molecule has 108 valence electrons. The quantitative estimate of drug-likeness (QED) is 0.746. The lowest BCUT2D eigenvalue weighted by Gasteiger charge is -2.37. The molecule has 1 aromatic rings. The first-order valence-electron chi connectivity index (χ1n) is 6.81. The summed E-state index contributed by atoms with van der Waals surface area (Å²) in [7, 11) is 3.01. The average Bonchev–Trinajstić information content (AvgIpc) is 2.39. The summed E-state index contributed by atoms with van der Waals surface area (Å²) in [6.07, 6.45) is 1.12. The van der Waals surface area contributed by atoms with E-state index in [4.69, 9.17) is 0 Å². The lowest BCUT2D eigenvalue weighted by atomic mass is 9.92. The molecule has 1 aliphatic heterocycles. The maximum absolute atomic E-state index is 12.1. The second-order valence-corrected chi connectivity index (χ2v) is 5.87.